The largest absolute Gasteiger partial charge is 0.444 e. The Morgan fingerprint density at radius 3 is 1.77 bits per heavy atom. The van der Waals surface area contributed by atoms with Gasteiger partial charge in [-0.3, -0.25) is 0 Å². The number of hydrogen-bond acceptors (Lipinski definition) is 5. The highest BCUT2D eigenvalue weighted by Crippen LogP contribution is 2.29. The van der Waals surface area contributed by atoms with E-state index in [1.54, 1.807) is 0 Å². The second-order valence-electron chi connectivity index (χ2n) is 15.8. The van der Waals surface area contributed by atoms with Crippen LogP contribution in [0.3, 0.4) is 0 Å². The second kappa shape index (κ2) is 21.3. The molecule has 0 aromatic rings. The van der Waals surface area contributed by atoms with Gasteiger partial charge in [-0.25, -0.2) is 4.79 Å². The molecule has 0 aromatic heterocycles. The van der Waals surface area contributed by atoms with Gasteiger partial charge in [-0.05, 0) is 122 Å². The molecule has 2 saturated carbocycles. The zero-order valence-electron chi connectivity index (χ0n) is 29.6. The molecule has 0 bridgehead atoms. The van der Waals surface area contributed by atoms with Crippen molar-refractivity contribution in [3.05, 3.63) is 0 Å². The Morgan fingerprint density at radius 1 is 0.750 bits per heavy atom. The maximum atomic E-state index is 12.2. The van der Waals surface area contributed by atoms with Gasteiger partial charge in [-0.2, -0.15) is 0 Å². The third-order valence-electron chi connectivity index (χ3n) is 10.7. The highest BCUT2D eigenvalue weighted by molar-refractivity contribution is 5.85. The van der Waals surface area contributed by atoms with Crippen molar-refractivity contribution in [3.63, 3.8) is 0 Å². The van der Waals surface area contributed by atoms with Crippen molar-refractivity contribution < 1.29 is 9.53 Å². The summed E-state index contributed by atoms with van der Waals surface area (Å²) in [7, 11) is 0. The van der Waals surface area contributed by atoms with Crippen molar-refractivity contribution in [2.45, 2.75) is 168 Å². The number of hydrogen-bond donors (Lipinski definition) is 2. The van der Waals surface area contributed by atoms with E-state index in [2.05, 4.69) is 29.0 Å². The van der Waals surface area contributed by atoms with Crippen LogP contribution >= 0.6 is 12.4 Å². The average molecular weight is 641 g/mol. The van der Waals surface area contributed by atoms with Crippen LogP contribution < -0.4 is 11.1 Å². The van der Waals surface area contributed by atoms with E-state index in [1.165, 1.54) is 142 Å². The van der Waals surface area contributed by atoms with Gasteiger partial charge >= 0.3 is 6.09 Å². The van der Waals surface area contributed by atoms with Crippen LogP contribution in [-0.2, 0) is 4.74 Å². The van der Waals surface area contributed by atoms with E-state index in [0.29, 0.717) is 12.0 Å². The fourth-order valence-electron chi connectivity index (χ4n) is 8.29. The number of ether oxygens (including phenoxy) is 1. The van der Waals surface area contributed by atoms with Crippen LogP contribution in [0.5, 0.6) is 0 Å². The number of nitrogens with one attached hydrogen (secondary N) is 1. The van der Waals surface area contributed by atoms with Crippen molar-refractivity contribution in [2.75, 3.05) is 39.3 Å². The minimum atomic E-state index is -0.423. The van der Waals surface area contributed by atoms with E-state index in [9.17, 15) is 4.79 Å². The smallest absolute Gasteiger partial charge is 0.407 e. The minimum absolute atomic E-state index is 0. The summed E-state index contributed by atoms with van der Waals surface area (Å²) in [6.45, 7) is 18.0. The molecule has 3 N–H and O–H groups in total. The lowest BCUT2D eigenvalue weighted by molar-refractivity contribution is 0.0443. The number of rotatable bonds is 11. The number of carbonyl (C=O) groups excluding carboxylic acids is 1. The molecule has 2 aliphatic carbocycles. The molecule has 2 saturated heterocycles. The molecule has 2 heterocycles. The van der Waals surface area contributed by atoms with E-state index in [1.807, 2.05) is 20.8 Å². The van der Waals surface area contributed by atoms with Gasteiger partial charge in [0.2, 0.25) is 0 Å². The first-order valence-electron chi connectivity index (χ1n) is 18.9. The molecule has 4 aliphatic rings. The van der Waals surface area contributed by atoms with Gasteiger partial charge in [0.1, 0.15) is 5.60 Å². The van der Waals surface area contributed by atoms with Gasteiger partial charge in [-0.15, -0.1) is 12.4 Å². The highest BCUT2D eigenvalue weighted by Gasteiger charge is 2.31. The summed E-state index contributed by atoms with van der Waals surface area (Å²) >= 11 is 0. The molecule has 4 fully saturated rings. The lowest BCUT2D eigenvalue weighted by atomic mass is 9.83. The molecule has 2 unspecified atom stereocenters. The number of unbranched alkanes of at least 4 members (excludes halogenated alkanes) is 2. The number of likely N-dealkylation sites (tertiary alicyclic amines) is 2. The maximum Gasteiger partial charge on any atom is 0.407 e. The summed E-state index contributed by atoms with van der Waals surface area (Å²) in [5, 5.41) is 3.17. The molecule has 6 nitrogen and oxygen atoms in total. The normalized spacial score (nSPS) is 30.4. The van der Waals surface area contributed by atoms with Crippen LogP contribution in [0.2, 0.25) is 0 Å². The average Bonchev–Trinajstić information content (AvgIpc) is 2.97. The molecule has 0 radical (unpaired) electrons. The molecular formula is C37H73ClN4O2. The summed E-state index contributed by atoms with van der Waals surface area (Å²) < 4.78 is 5.48. The first kappa shape index (κ1) is 39.6. The fourth-order valence-corrected chi connectivity index (χ4v) is 8.29. The molecule has 44 heavy (non-hydrogen) atoms. The number of nitrogens with zero attached hydrogens (tertiary/aromatic N) is 2. The van der Waals surface area contributed by atoms with Crippen molar-refractivity contribution in [1.29, 1.82) is 0 Å². The van der Waals surface area contributed by atoms with Gasteiger partial charge in [0.05, 0.1) is 0 Å². The molecule has 260 valence electrons. The summed E-state index contributed by atoms with van der Waals surface area (Å²) in [5.74, 6) is 3.21. The van der Waals surface area contributed by atoms with Crippen molar-refractivity contribution in [3.8, 4) is 0 Å². The molecule has 1 amide bonds. The van der Waals surface area contributed by atoms with Crippen molar-refractivity contribution in [2.24, 2.45) is 29.4 Å². The molecular weight excluding hydrogens is 568 g/mol. The summed E-state index contributed by atoms with van der Waals surface area (Å²) in [6, 6.07) is 0.759. The van der Waals surface area contributed by atoms with Crippen LogP contribution in [0, 0.1) is 23.7 Å². The van der Waals surface area contributed by atoms with Gasteiger partial charge < -0.3 is 25.6 Å². The Labute approximate surface area is 279 Å². The van der Waals surface area contributed by atoms with Crippen LogP contribution in [0.1, 0.15) is 150 Å². The van der Waals surface area contributed by atoms with Crippen LogP contribution in [0.25, 0.3) is 0 Å². The predicted molar refractivity (Wildman–Crippen MR) is 190 cm³/mol. The zero-order chi connectivity index (χ0) is 31.1. The maximum absolute atomic E-state index is 12.2. The van der Waals surface area contributed by atoms with E-state index in [-0.39, 0.29) is 24.5 Å². The molecule has 7 heteroatoms. The monoisotopic (exact) mass is 641 g/mol. The van der Waals surface area contributed by atoms with E-state index < -0.39 is 5.60 Å². The van der Waals surface area contributed by atoms with Crippen LogP contribution in [0.15, 0.2) is 0 Å². The van der Waals surface area contributed by atoms with Gasteiger partial charge in [0, 0.05) is 38.3 Å². The Bertz CT molecular complexity index is 762. The number of amides is 1. The number of alkyl carbamates (subject to hydrolysis) is 1. The number of halogens is 1. The molecule has 0 spiro atoms. The quantitative estimate of drug-likeness (QED) is 0.236. The van der Waals surface area contributed by atoms with Crippen LogP contribution in [0.4, 0.5) is 4.79 Å². The summed E-state index contributed by atoms with van der Waals surface area (Å²) in [5.41, 5.74) is 5.86. The number of nitrogens with two attached hydrogens (primary N) is 1. The lowest BCUT2D eigenvalue weighted by Gasteiger charge is -2.39. The highest BCUT2D eigenvalue weighted by atomic mass is 35.5. The van der Waals surface area contributed by atoms with Gasteiger partial charge in [0.25, 0.3) is 0 Å². The molecule has 2 aliphatic heterocycles. The predicted octanol–water partition coefficient (Wildman–Crippen LogP) is 8.80. The topological polar surface area (TPSA) is 70.8 Å². The Hall–Kier alpha value is -0.560. The first-order valence-corrected chi connectivity index (χ1v) is 18.9. The van der Waals surface area contributed by atoms with E-state index in [0.717, 1.165) is 30.7 Å². The third kappa shape index (κ3) is 15.4. The zero-order valence-corrected chi connectivity index (χ0v) is 30.4. The van der Waals surface area contributed by atoms with Crippen LogP contribution in [-0.4, -0.2) is 72.8 Å². The summed E-state index contributed by atoms with van der Waals surface area (Å²) in [4.78, 5) is 17.6. The Kier molecular flexibility index (Phi) is 19.2. The van der Waals surface area contributed by atoms with Gasteiger partial charge in [0.15, 0.2) is 0 Å². The second-order valence-corrected chi connectivity index (χ2v) is 15.8. The van der Waals surface area contributed by atoms with E-state index >= 15 is 0 Å². The standard InChI is InChI=1S/C21H40N2O2.C16H32N2.ClH/c1-5-6-10-17-11-9-14-23(15-17)16-18-12-7-8-13-19(18)22-20(24)25-21(2,3)4;1-2-3-7-14-8-6-11-18(12-14)13-15-9-4-5-10-16(15)17;/h17-19H,5-16H2,1-4H3,(H,22,24);14-16H,2-13,17H2,1H3;1H/t17?,18-,19+;14?,15-,16+;/m00./s1. The number of carbonyl (C=O) groups is 1. The molecule has 4 rings (SSSR count). The Balaban J connectivity index is 0.000000315. The summed E-state index contributed by atoms with van der Waals surface area (Å²) in [6.07, 6.45) is 23.9. The Morgan fingerprint density at radius 2 is 1.25 bits per heavy atom. The molecule has 0 aromatic carbocycles. The van der Waals surface area contributed by atoms with E-state index in [4.69, 9.17) is 10.5 Å². The minimum Gasteiger partial charge on any atom is -0.444 e. The van der Waals surface area contributed by atoms with Crippen molar-refractivity contribution in [1.82, 2.24) is 15.1 Å². The lowest BCUT2D eigenvalue weighted by Crippen LogP contribution is -2.49. The van der Waals surface area contributed by atoms with Gasteiger partial charge in [-0.1, -0.05) is 65.2 Å². The van der Waals surface area contributed by atoms with Crippen molar-refractivity contribution >= 4 is 18.5 Å². The number of piperidine rings is 2. The first-order chi connectivity index (χ1) is 20.7. The molecule has 6 atom stereocenters. The third-order valence-corrected chi connectivity index (χ3v) is 10.7. The SMILES string of the molecule is CCCCC1CCCN(C[C@@H]2CCCC[C@H]2N)C1.CCCCC1CCCN(C[C@@H]2CCCC[C@H]2NC(=O)OC(C)(C)C)C1.Cl. The fraction of sp³-hybridized carbons (Fsp3) is 0.973.